The summed E-state index contributed by atoms with van der Waals surface area (Å²) in [6.07, 6.45) is -0.655. The van der Waals surface area contributed by atoms with Crippen molar-refractivity contribution < 1.29 is 14.8 Å². The summed E-state index contributed by atoms with van der Waals surface area (Å²) in [7, 11) is 1.65. The number of aromatic nitrogens is 2. The van der Waals surface area contributed by atoms with Crippen LogP contribution in [-0.4, -0.2) is 52.7 Å². The van der Waals surface area contributed by atoms with Gasteiger partial charge in [0.2, 0.25) is 0 Å². The smallest absolute Gasteiger partial charge is 0.312 e. The number of aryl methyl sites for hydroxylation is 1. The number of nitro groups is 1. The maximum atomic E-state index is 10.9. The lowest BCUT2D eigenvalue weighted by Crippen LogP contribution is -2.34. The molecular weight excluding hydrogens is 276 g/mol. The highest BCUT2D eigenvalue weighted by molar-refractivity contribution is 5.39. The van der Waals surface area contributed by atoms with E-state index in [2.05, 4.69) is 10.4 Å². The van der Waals surface area contributed by atoms with Gasteiger partial charge in [0.15, 0.2) is 0 Å². The van der Waals surface area contributed by atoms with Gasteiger partial charge in [0.25, 0.3) is 0 Å². The van der Waals surface area contributed by atoms with E-state index in [-0.39, 0.29) is 12.2 Å². The van der Waals surface area contributed by atoms with Crippen molar-refractivity contribution in [2.24, 2.45) is 5.92 Å². The van der Waals surface area contributed by atoms with Gasteiger partial charge in [0.05, 0.1) is 17.6 Å². The molecule has 0 aromatic carbocycles. The molecule has 0 fully saturated rings. The van der Waals surface area contributed by atoms with Crippen molar-refractivity contribution >= 4 is 5.69 Å². The average Bonchev–Trinajstić information content (AvgIpc) is 2.64. The highest BCUT2D eigenvalue weighted by atomic mass is 16.6. The minimum Gasteiger partial charge on any atom is -0.390 e. The molecule has 2 N–H and O–H groups in total. The lowest BCUT2D eigenvalue weighted by atomic mass is 10.2. The van der Waals surface area contributed by atoms with Crippen LogP contribution >= 0.6 is 0 Å². The van der Waals surface area contributed by atoms with Crippen LogP contribution in [0.4, 0.5) is 5.69 Å². The molecule has 1 aromatic heterocycles. The van der Waals surface area contributed by atoms with Crippen molar-refractivity contribution in [2.45, 2.75) is 33.4 Å². The van der Waals surface area contributed by atoms with Gasteiger partial charge in [-0.25, -0.2) is 0 Å². The Balaban J connectivity index is 2.50. The Morgan fingerprint density at radius 3 is 2.67 bits per heavy atom. The van der Waals surface area contributed by atoms with Crippen LogP contribution in [0.1, 0.15) is 18.3 Å². The second-order valence-electron chi connectivity index (χ2n) is 5.33. The standard InChI is InChI=1S/C13H24N4O4/c1-9(8-21-4)5-14-6-12(18)7-16-11(3)13(17(19)20)10(2)15-16/h9,12,14,18H,5-8H2,1-4H3. The topological polar surface area (TPSA) is 102 Å². The SMILES string of the molecule is COCC(C)CNCC(O)Cn1nc(C)c([N+](=O)[O-])c1C. The second kappa shape index (κ2) is 8.06. The predicted molar refractivity (Wildman–Crippen MR) is 78.3 cm³/mol. The molecule has 0 bridgehead atoms. The number of ether oxygens (including phenoxy) is 1. The molecule has 0 aliphatic heterocycles. The Morgan fingerprint density at radius 2 is 2.14 bits per heavy atom. The lowest BCUT2D eigenvalue weighted by molar-refractivity contribution is -0.386. The van der Waals surface area contributed by atoms with E-state index < -0.39 is 11.0 Å². The zero-order valence-corrected chi connectivity index (χ0v) is 13.0. The van der Waals surface area contributed by atoms with Crippen LogP contribution in [0.15, 0.2) is 0 Å². The fourth-order valence-electron chi connectivity index (χ4n) is 2.23. The first-order chi connectivity index (χ1) is 9.86. The zero-order chi connectivity index (χ0) is 16.0. The molecule has 0 saturated carbocycles. The van der Waals surface area contributed by atoms with Crippen LogP contribution in [0.2, 0.25) is 0 Å². The summed E-state index contributed by atoms with van der Waals surface area (Å²) in [5.41, 5.74) is 0.847. The first-order valence-electron chi connectivity index (χ1n) is 6.92. The first-order valence-corrected chi connectivity index (χ1v) is 6.92. The Bertz CT molecular complexity index is 475. The Hall–Kier alpha value is -1.51. The Labute approximate surface area is 124 Å². The number of hydrogen-bond acceptors (Lipinski definition) is 6. The predicted octanol–water partition coefficient (Wildman–Crippen LogP) is 0.641. The van der Waals surface area contributed by atoms with E-state index in [9.17, 15) is 15.2 Å². The molecule has 0 amide bonds. The van der Waals surface area contributed by atoms with Gasteiger partial charge in [-0.05, 0) is 26.3 Å². The molecule has 1 aromatic rings. The minimum atomic E-state index is -0.655. The summed E-state index contributed by atoms with van der Waals surface area (Å²) >= 11 is 0. The molecule has 0 saturated heterocycles. The third-order valence-electron chi connectivity index (χ3n) is 3.23. The quantitative estimate of drug-likeness (QED) is 0.512. The summed E-state index contributed by atoms with van der Waals surface area (Å²) in [5.74, 6) is 0.358. The third-order valence-corrected chi connectivity index (χ3v) is 3.23. The highest BCUT2D eigenvalue weighted by Crippen LogP contribution is 2.21. The van der Waals surface area contributed by atoms with Crippen molar-refractivity contribution in [1.29, 1.82) is 0 Å². The van der Waals surface area contributed by atoms with Crippen molar-refractivity contribution in [1.82, 2.24) is 15.1 Å². The Morgan fingerprint density at radius 1 is 1.48 bits per heavy atom. The van der Waals surface area contributed by atoms with Crippen LogP contribution in [-0.2, 0) is 11.3 Å². The molecule has 0 aliphatic carbocycles. The van der Waals surface area contributed by atoms with Gasteiger partial charge in [-0.3, -0.25) is 14.8 Å². The van der Waals surface area contributed by atoms with Crippen molar-refractivity contribution in [2.75, 3.05) is 26.8 Å². The van der Waals surface area contributed by atoms with Gasteiger partial charge in [-0.15, -0.1) is 0 Å². The van der Waals surface area contributed by atoms with Gasteiger partial charge >= 0.3 is 5.69 Å². The monoisotopic (exact) mass is 300 g/mol. The molecule has 1 heterocycles. The molecule has 1 rings (SSSR count). The molecule has 21 heavy (non-hydrogen) atoms. The van der Waals surface area contributed by atoms with Gasteiger partial charge in [0.1, 0.15) is 11.4 Å². The van der Waals surface area contributed by atoms with Crippen LogP contribution in [0.25, 0.3) is 0 Å². The van der Waals surface area contributed by atoms with Gasteiger partial charge < -0.3 is 15.2 Å². The van der Waals surface area contributed by atoms with Crippen LogP contribution in [0.5, 0.6) is 0 Å². The van der Waals surface area contributed by atoms with Crippen molar-refractivity contribution in [3.05, 3.63) is 21.5 Å². The van der Waals surface area contributed by atoms with Crippen LogP contribution in [0, 0.1) is 29.9 Å². The number of nitrogens with one attached hydrogen (secondary N) is 1. The molecular formula is C13H24N4O4. The summed E-state index contributed by atoms with van der Waals surface area (Å²) in [5, 5.41) is 28.2. The van der Waals surface area contributed by atoms with Crippen molar-refractivity contribution in [3.8, 4) is 0 Å². The molecule has 0 spiro atoms. The fraction of sp³-hybridized carbons (Fsp3) is 0.769. The summed E-state index contributed by atoms with van der Waals surface area (Å²) in [4.78, 5) is 10.5. The number of rotatable bonds is 9. The number of aliphatic hydroxyl groups is 1. The van der Waals surface area contributed by atoms with E-state index in [0.717, 1.165) is 6.54 Å². The van der Waals surface area contributed by atoms with Crippen LogP contribution in [0.3, 0.4) is 0 Å². The number of aliphatic hydroxyl groups excluding tert-OH is 1. The molecule has 8 nitrogen and oxygen atoms in total. The fourth-order valence-corrected chi connectivity index (χ4v) is 2.23. The second-order valence-corrected chi connectivity index (χ2v) is 5.33. The molecule has 2 unspecified atom stereocenters. The van der Waals surface area contributed by atoms with E-state index >= 15 is 0 Å². The van der Waals surface area contributed by atoms with Crippen LogP contribution < -0.4 is 5.32 Å². The largest absolute Gasteiger partial charge is 0.390 e. The van der Waals surface area contributed by atoms with Crippen molar-refractivity contribution in [3.63, 3.8) is 0 Å². The lowest BCUT2D eigenvalue weighted by Gasteiger charge is -2.15. The molecule has 8 heteroatoms. The Kier molecular flexibility index (Phi) is 6.73. The van der Waals surface area contributed by atoms with Gasteiger partial charge in [-0.2, -0.15) is 5.10 Å². The summed E-state index contributed by atoms with van der Waals surface area (Å²) in [6, 6.07) is 0. The maximum Gasteiger partial charge on any atom is 0.312 e. The summed E-state index contributed by atoms with van der Waals surface area (Å²) < 4.78 is 6.51. The molecule has 0 radical (unpaired) electrons. The van der Waals surface area contributed by atoms with Gasteiger partial charge in [-0.1, -0.05) is 6.92 Å². The molecule has 0 aliphatic rings. The molecule has 120 valence electrons. The maximum absolute atomic E-state index is 10.9. The third kappa shape index (κ3) is 5.07. The number of methoxy groups -OCH3 is 1. The average molecular weight is 300 g/mol. The van der Waals surface area contributed by atoms with E-state index in [1.165, 1.54) is 4.68 Å². The van der Waals surface area contributed by atoms with E-state index in [4.69, 9.17) is 4.74 Å². The zero-order valence-electron chi connectivity index (χ0n) is 13.0. The normalized spacial score (nSPS) is 14.1. The first kappa shape index (κ1) is 17.5. The number of hydrogen-bond donors (Lipinski definition) is 2. The van der Waals surface area contributed by atoms with Gasteiger partial charge in [0, 0.05) is 20.3 Å². The molecule has 2 atom stereocenters. The number of nitrogens with zero attached hydrogens (tertiary/aromatic N) is 3. The highest BCUT2D eigenvalue weighted by Gasteiger charge is 2.22. The van der Waals surface area contributed by atoms with E-state index in [1.54, 1.807) is 21.0 Å². The van der Waals surface area contributed by atoms with E-state index in [1.807, 2.05) is 6.92 Å². The summed E-state index contributed by atoms with van der Waals surface area (Å²) in [6.45, 7) is 7.31. The van der Waals surface area contributed by atoms with E-state index in [0.29, 0.717) is 30.5 Å². The minimum absolute atomic E-state index is 0.0175.